The van der Waals surface area contributed by atoms with Crippen LogP contribution in [0.3, 0.4) is 0 Å². The van der Waals surface area contributed by atoms with E-state index in [1.165, 1.54) is 19.2 Å². The molecule has 0 bridgehead atoms. The van der Waals surface area contributed by atoms with Crippen molar-refractivity contribution in [3.8, 4) is 6.07 Å². The second kappa shape index (κ2) is 10.9. The van der Waals surface area contributed by atoms with Gasteiger partial charge in [0.2, 0.25) is 0 Å². The SMILES string of the molecule is CC(NC(=O)C(F)F)(c1ccc(F)c(F)c1)c1ccc(CN2CCN(c3cncc(C#N)c3)CC2)cn1. The number of hydrogen-bond donors (Lipinski definition) is 1. The number of nitriles is 1. The lowest BCUT2D eigenvalue weighted by molar-refractivity contribution is -0.133. The van der Waals surface area contributed by atoms with Crippen LogP contribution >= 0.6 is 0 Å². The third-order valence-electron chi connectivity index (χ3n) is 6.40. The standard InChI is InChI=1S/C26H24F4N6O/c1-26(34-25(37)24(29)30,19-3-4-21(27)22(28)11-19)23-5-2-17(14-33-23)16-35-6-8-36(9-7-35)20-10-18(12-31)13-32-15-20/h2-5,10-11,13-15,24H,6-9,16H2,1H3,(H,34,37). The zero-order valence-corrected chi connectivity index (χ0v) is 20.0. The van der Waals surface area contributed by atoms with E-state index in [1.807, 2.05) is 6.07 Å². The number of carbonyl (C=O) groups excluding carboxylic acids is 1. The minimum atomic E-state index is -3.29. The van der Waals surface area contributed by atoms with Gasteiger partial charge >= 0.3 is 6.43 Å². The molecule has 7 nitrogen and oxygen atoms in total. The van der Waals surface area contributed by atoms with Gasteiger partial charge in [-0.3, -0.25) is 19.7 Å². The molecule has 0 saturated carbocycles. The van der Waals surface area contributed by atoms with E-state index in [9.17, 15) is 22.4 Å². The van der Waals surface area contributed by atoms with Crippen LogP contribution in [0.5, 0.6) is 0 Å². The molecule has 1 N–H and O–H groups in total. The fourth-order valence-corrected chi connectivity index (χ4v) is 4.29. The summed E-state index contributed by atoms with van der Waals surface area (Å²) in [7, 11) is 0. The largest absolute Gasteiger partial charge is 0.368 e. The number of piperazine rings is 1. The lowest BCUT2D eigenvalue weighted by Gasteiger charge is -2.36. The summed E-state index contributed by atoms with van der Waals surface area (Å²) in [6, 6.07) is 10.2. The van der Waals surface area contributed by atoms with E-state index in [0.29, 0.717) is 12.1 Å². The number of hydrogen-bond acceptors (Lipinski definition) is 6. The summed E-state index contributed by atoms with van der Waals surface area (Å²) in [4.78, 5) is 24.7. The quantitative estimate of drug-likeness (QED) is 0.487. The Labute approximate surface area is 211 Å². The van der Waals surface area contributed by atoms with Crippen molar-refractivity contribution in [2.24, 2.45) is 0 Å². The van der Waals surface area contributed by atoms with Crippen LogP contribution in [-0.2, 0) is 16.9 Å². The summed E-state index contributed by atoms with van der Waals surface area (Å²) >= 11 is 0. The zero-order valence-electron chi connectivity index (χ0n) is 20.0. The molecule has 0 radical (unpaired) electrons. The van der Waals surface area contributed by atoms with Gasteiger partial charge in [0.25, 0.3) is 5.91 Å². The molecule has 1 aliphatic rings. The lowest BCUT2D eigenvalue weighted by Crippen LogP contribution is -2.47. The highest BCUT2D eigenvalue weighted by atomic mass is 19.3. The molecule has 1 fully saturated rings. The van der Waals surface area contributed by atoms with Crippen LogP contribution in [0.2, 0.25) is 0 Å². The van der Waals surface area contributed by atoms with Crippen LogP contribution in [0, 0.1) is 23.0 Å². The topological polar surface area (TPSA) is 85.2 Å². The van der Waals surface area contributed by atoms with Gasteiger partial charge in [0.1, 0.15) is 11.6 Å². The molecule has 0 spiro atoms. The van der Waals surface area contributed by atoms with Gasteiger partial charge < -0.3 is 10.2 Å². The Morgan fingerprint density at radius 1 is 1.08 bits per heavy atom. The molecule has 1 atom stereocenters. The van der Waals surface area contributed by atoms with Gasteiger partial charge in [-0.1, -0.05) is 12.1 Å². The third-order valence-corrected chi connectivity index (χ3v) is 6.40. The van der Waals surface area contributed by atoms with Gasteiger partial charge in [0, 0.05) is 45.1 Å². The summed E-state index contributed by atoms with van der Waals surface area (Å²) in [5, 5.41) is 11.3. The van der Waals surface area contributed by atoms with Crippen LogP contribution in [0.25, 0.3) is 0 Å². The molecule has 1 unspecified atom stereocenters. The summed E-state index contributed by atoms with van der Waals surface area (Å²) in [6.45, 7) is 5.01. The van der Waals surface area contributed by atoms with Crippen molar-refractivity contribution in [2.45, 2.75) is 25.4 Å². The average Bonchev–Trinajstić information content (AvgIpc) is 2.91. The molecule has 3 heterocycles. The second-order valence-corrected chi connectivity index (χ2v) is 8.90. The molecule has 4 rings (SSSR count). The van der Waals surface area contributed by atoms with Crippen LogP contribution < -0.4 is 10.2 Å². The maximum Gasteiger partial charge on any atom is 0.315 e. The molecule has 192 valence electrons. The number of benzene rings is 1. The summed E-state index contributed by atoms with van der Waals surface area (Å²) in [6.07, 6.45) is 1.54. The minimum absolute atomic E-state index is 0.0757. The Hall–Kier alpha value is -4.04. The normalized spacial score (nSPS) is 15.8. The van der Waals surface area contributed by atoms with E-state index in [0.717, 1.165) is 49.6 Å². The van der Waals surface area contributed by atoms with E-state index >= 15 is 0 Å². The van der Waals surface area contributed by atoms with Gasteiger partial charge in [0.15, 0.2) is 11.6 Å². The predicted octanol–water partition coefficient (Wildman–Crippen LogP) is 3.59. The van der Waals surface area contributed by atoms with E-state index in [1.54, 1.807) is 24.5 Å². The molecule has 1 aliphatic heterocycles. The fraction of sp³-hybridized carbons (Fsp3) is 0.308. The maximum absolute atomic E-state index is 13.9. The number of anilines is 1. The Kier molecular flexibility index (Phi) is 7.69. The van der Waals surface area contributed by atoms with E-state index in [-0.39, 0.29) is 11.3 Å². The van der Waals surface area contributed by atoms with Crippen molar-refractivity contribution in [3.05, 3.63) is 89.0 Å². The number of carbonyl (C=O) groups is 1. The number of aromatic nitrogens is 2. The van der Waals surface area contributed by atoms with Crippen molar-refractivity contribution in [1.82, 2.24) is 20.2 Å². The van der Waals surface area contributed by atoms with Crippen LogP contribution in [0.15, 0.2) is 55.0 Å². The summed E-state index contributed by atoms with van der Waals surface area (Å²) < 4.78 is 53.5. The monoisotopic (exact) mass is 512 g/mol. The van der Waals surface area contributed by atoms with Gasteiger partial charge in [-0.05, 0) is 42.3 Å². The number of rotatable bonds is 7. The lowest BCUT2D eigenvalue weighted by atomic mass is 9.87. The first-order valence-corrected chi connectivity index (χ1v) is 11.5. The molecule has 37 heavy (non-hydrogen) atoms. The molecular weight excluding hydrogens is 488 g/mol. The number of amides is 1. The van der Waals surface area contributed by atoms with Gasteiger partial charge in [-0.25, -0.2) is 8.78 Å². The van der Waals surface area contributed by atoms with E-state index in [4.69, 9.17) is 5.26 Å². The maximum atomic E-state index is 13.9. The predicted molar refractivity (Wildman–Crippen MR) is 128 cm³/mol. The Bertz CT molecular complexity index is 1310. The molecule has 1 amide bonds. The fourth-order valence-electron chi connectivity index (χ4n) is 4.29. The third kappa shape index (κ3) is 5.86. The second-order valence-electron chi connectivity index (χ2n) is 8.90. The number of nitrogens with one attached hydrogen (secondary N) is 1. The first-order chi connectivity index (χ1) is 17.7. The van der Waals surface area contributed by atoms with E-state index < -0.39 is 29.5 Å². The molecule has 1 saturated heterocycles. The highest BCUT2D eigenvalue weighted by molar-refractivity contribution is 5.80. The number of halogens is 4. The molecular formula is C26H24F4N6O. The Morgan fingerprint density at radius 2 is 1.84 bits per heavy atom. The van der Waals surface area contributed by atoms with Crippen LogP contribution in [0.1, 0.15) is 29.3 Å². The summed E-state index contributed by atoms with van der Waals surface area (Å²) in [5.74, 6) is -3.81. The highest BCUT2D eigenvalue weighted by Crippen LogP contribution is 2.30. The zero-order chi connectivity index (χ0) is 26.6. The molecule has 0 aliphatic carbocycles. The first kappa shape index (κ1) is 26.0. The van der Waals surface area contributed by atoms with Crippen molar-refractivity contribution >= 4 is 11.6 Å². The molecule has 11 heteroatoms. The first-order valence-electron chi connectivity index (χ1n) is 11.5. The van der Waals surface area contributed by atoms with Gasteiger partial charge in [0.05, 0.1) is 23.1 Å². The van der Waals surface area contributed by atoms with Crippen LogP contribution in [0.4, 0.5) is 23.2 Å². The van der Waals surface area contributed by atoms with Crippen molar-refractivity contribution in [1.29, 1.82) is 5.26 Å². The number of pyridine rings is 2. The molecule has 1 aromatic carbocycles. The smallest absolute Gasteiger partial charge is 0.315 e. The van der Waals surface area contributed by atoms with Crippen molar-refractivity contribution in [3.63, 3.8) is 0 Å². The average molecular weight is 513 g/mol. The Balaban J connectivity index is 1.47. The Morgan fingerprint density at radius 3 is 2.46 bits per heavy atom. The van der Waals surface area contributed by atoms with Gasteiger partial charge in [-0.2, -0.15) is 14.0 Å². The van der Waals surface area contributed by atoms with Crippen molar-refractivity contribution in [2.75, 3.05) is 31.1 Å². The number of alkyl halides is 2. The van der Waals surface area contributed by atoms with E-state index in [2.05, 4.69) is 31.2 Å². The minimum Gasteiger partial charge on any atom is -0.368 e. The molecule has 2 aromatic heterocycles. The van der Waals surface area contributed by atoms with Crippen LogP contribution in [-0.4, -0.2) is 53.4 Å². The highest BCUT2D eigenvalue weighted by Gasteiger charge is 2.35. The summed E-state index contributed by atoms with van der Waals surface area (Å²) in [5.41, 5.74) is 0.923. The van der Waals surface area contributed by atoms with Crippen molar-refractivity contribution < 1.29 is 22.4 Å². The van der Waals surface area contributed by atoms with Gasteiger partial charge in [-0.15, -0.1) is 0 Å². The molecule has 3 aromatic rings. The number of nitrogens with zero attached hydrogens (tertiary/aromatic N) is 5.